The van der Waals surface area contributed by atoms with E-state index in [-0.39, 0.29) is 38.7 Å². The van der Waals surface area contributed by atoms with E-state index in [0.29, 0.717) is 17.6 Å². The van der Waals surface area contributed by atoms with Crippen LogP contribution in [-0.4, -0.2) is 62.4 Å². The first-order chi connectivity index (χ1) is 13.9. The molecule has 2 aliphatic heterocycles. The lowest BCUT2D eigenvalue weighted by Crippen LogP contribution is -2.55. The third-order valence-electron chi connectivity index (χ3n) is 4.85. The summed E-state index contributed by atoms with van der Waals surface area (Å²) in [7, 11) is -4.13. The Morgan fingerprint density at radius 3 is 2.38 bits per heavy atom. The van der Waals surface area contributed by atoms with Crippen LogP contribution in [0.25, 0.3) is 0 Å². The molecule has 7 nitrogen and oxygen atoms in total. The number of carbonyl (C=O) groups is 1. The maximum Gasteiger partial charge on any atom is 0.267 e. The number of fused-ring (bicyclic) bond motifs is 1. The molecule has 10 heteroatoms. The van der Waals surface area contributed by atoms with Gasteiger partial charge in [0.25, 0.3) is 5.91 Å². The summed E-state index contributed by atoms with van der Waals surface area (Å²) in [6.45, 7) is 0.310. The number of amides is 1. The number of nitrogens with zero attached hydrogens (tertiary/aromatic N) is 2. The van der Waals surface area contributed by atoms with Gasteiger partial charge < -0.3 is 14.4 Å². The number of benzene rings is 2. The van der Waals surface area contributed by atoms with Crippen molar-refractivity contribution >= 4 is 15.9 Å². The fraction of sp³-hybridized carbons (Fsp3) is 0.316. The second kappa shape index (κ2) is 7.60. The highest BCUT2D eigenvalue weighted by atomic mass is 32.2. The van der Waals surface area contributed by atoms with Crippen molar-refractivity contribution < 1.29 is 31.5 Å². The number of halogens is 2. The Morgan fingerprint density at radius 1 is 1.00 bits per heavy atom. The molecule has 1 atom stereocenters. The zero-order chi connectivity index (χ0) is 20.6. The van der Waals surface area contributed by atoms with Crippen molar-refractivity contribution in [2.75, 3.05) is 32.8 Å². The third kappa shape index (κ3) is 3.77. The highest BCUT2D eigenvalue weighted by Crippen LogP contribution is 2.31. The molecular weight excluding hydrogens is 406 g/mol. The minimum absolute atomic E-state index is 0.00491. The number of sulfonamides is 1. The molecule has 2 heterocycles. The van der Waals surface area contributed by atoms with E-state index in [1.807, 2.05) is 0 Å². The van der Waals surface area contributed by atoms with Gasteiger partial charge in [0.15, 0.2) is 11.5 Å². The van der Waals surface area contributed by atoms with Crippen molar-refractivity contribution in [1.82, 2.24) is 9.21 Å². The molecule has 0 aromatic heterocycles. The largest absolute Gasteiger partial charge is 0.485 e. The molecular formula is C19H18F2N2O5S. The Morgan fingerprint density at radius 2 is 1.69 bits per heavy atom. The molecule has 29 heavy (non-hydrogen) atoms. The number of ether oxygens (including phenoxy) is 2. The lowest BCUT2D eigenvalue weighted by atomic mass is 10.2. The number of hydrogen-bond acceptors (Lipinski definition) is 5. The highest BCUT2D eigenvalue weighted by molar-refractivity contribution is 7.89. The molecule has 0 bridgehead atoms. The van der Waals surface area contributed by atoms with Crippen molar-refractivity contribution in [3.05, 3.63) is 54.1 Å². The van der Waals surface area contributed by atoms with Gasteiger partial charge in [-0.1, -0.05) is 12.1 Å². The van der Waals surface area contributed by atoms with E-state index in [1.54, 1.807) is 24.3 Å². The molecule has 0 N–H and O–H groups in total. The van der Waals surface area contributed by atoms with E-state index in [9.17, 15) is 22.0 Å². The van der Waals surface area contributed by atoms with E-state index >= 15 is 0 Å². The second-order valence-electron chi connectivity index (χ2n) is 6.67. The van der Waals surface area contributed by atoms with Crippen LogP contribution in [0.15, 0.2) is 47.4 Å². The van der Waals surface area contributed by atoms with E-state index in [1.165, 1.54) is 4.90 Å². The number of para-hydroxylation sites is 2. The Labute approximate surface area is 166 Å². The van der Waals surface area contributed by atoms with Gasteiger partial charge in [-0.3, -0.25) is 4.79 Å². The fourth-order valence-corrected chi connectivity index (χ4v) is 4.78. The van der Waals surface area contributed by atoms with Gasteiger partial charge in [-0.15, -0.1) is 0 Å². The number of piperazine rings is 1. The minimum atomic E-state index is -4.13. The third-order valence-corrected chi connectivity index (χ3v) is 6.78. The van der Waals surface area contributed by atoms with Crippen LogP contribution in [0.4, 0.5) is 8.78 Å². The van der Waals surface area contributed by atoms with Crippen molar-refractivity contribution in [3.8, 4) is 11.5 Å². The predicted octanol–water partition coefficient (Wildman–Crippen LogP) is 1.64. The maximum absolute atomic E-state index is 13.9. The molecule has 154 valence electrons. The Bertz CT molecular complexity index is 1040. The smallest absolute Gasteiger partial charge is 0.267 e. The van der Waals surface area contributed by atoms with Gasteiger partial charge >= 0.3 is 0 Å². The maximum atomic E-state index is 13.9. The number of rotatable bonds is 3. The molecule has 1 unspecified atom stereocenters. The summed E-state index contributed by atoms with van der Waals surface area (Å²) in [4.78, 5) is 13.6. The summed E-state index contributed by atoms with van der Waals surface area (Å²) in [6.07, 6.45) is -0.817. The zero-order valence-corrected chi connectivity index (χ0v) is 16.1. The highest BCUT2D eigenvalue weighted by Gasteiger charge is 2.36. The first-order valence-electron chi connectivity index (χ1n) is 8.99. The normalized spacial score (nSPS) is 19.8. The summed E-state index contributed by atoms with van der Waals surface area (Å²) < 4.78 is 64.6. The standard InChI is InChI=1S/C19H18F2N2O5S/c20-13-5-6-18(14(21)11-13)29(25,26)23-9-7-22(8-10-23)19(24)17-12-27-15-3-1-2-4-16(15)28-17/h1-6,11,17H,7-10,12H2. The van der Waals surface area contributed by atoms with Crippen molar-refractivity contribution in [3.63, 3.8) is 0 Å². The Hall–Kier alpha value is -2.72. The molecule has 0 radical (unpaired) electrons. The average Bonchev–Trinajstić information content (AvgIpc) is 2.72. The molecule has 0 saturated carbocycles. The summed E-state index contributed by atoms with van der Waals surface area (Å²) >= 11 is 0. The van der Waals surface area contributed by atoms with Crippen molar-refractivity contribution in [2.45, 2.75) is 11.0 Å². The van der Waals surface area contributed by atoms with Gasteiger partial charge in [-0.2, -0.15) is 4.31 Å². The quantitative estimate of drug-likeness (QED) is 0.749. The molecule has 1 saturated heterocycles. The summed E-state index contributed by atoms with van der Waals surface area (Å²) in [6, 6.07) is 9.35. The minimum Gasteiger partial charge on any atom is -0.485 e. The lowest BCUT2D eigenvalue weighted by Gasteiger charge is -2.36. The van der Waals surface area contributed by atoms with Crippen molar-refractivity contribution in [1.29, 1.82) is 0 Å². The van der Waals surface area contributed by atoms with Crippen LogP contribution < -0.4 is 9.47 Å². The first kappa shape index (κ1) is 19.6. The van der Waals surface area contributed by atoms with E-state index in [4.69, 9.17) is 9.47 Å². The van der Waals surface area contributed by atoms with Gasteiger partial charge in [0.1, 0.15) is 23.1 Å². The topological polar surface area (TPSA) is 76.2 Å². The SMILES string of the molecule is O=C(C1COc2ccccc2O1)N1CCN(S(=O)(=O)c2ccc(F)cc2F)CC1. The van der Waals surface area contributed by atoms with Crippen LogP contribution in [0.5, 0.6) is 11.5 Å². The summed E-state index contributed by atoms with van der Waals surface area (Å²) in [5.41, 5.74) is 0. The zero-order valence-electron chi connectivity index (χ0n) is 15.3. The predicted molar refractivity (Wildman–Crippen MR) is 98.0 cm³/mol. The van der Waals surface area contributed by atoms with Gasteiger partial charge in [-0.25, -0.2) is 17.2 Å². The Balaban J connectivity index is 1.41. The van der Waals surface area contributed by atoms with Crippen LogP contribution in [0, 0.1) is 11.6 Å². The number of hydrogen-bond donors (Lipinski definition) is 0. The van der Waals surface area contributed by atoms with E-state index in [2.05, 4.69) is 0 Å². The molecule has 0 spiro atoms. The lowest BCUT2D eigenvalue weighted by molar-refractivity contribution is -0.142. The van der Waals surface area contributed by atoms with Gasteiger partial charge in [0, 0.05) is 32.2 Å². The van der Waals surface area contributed by atoms with Crippen molar-refractivity contribution in [2.24, 2.45) is 0 Å². The molecule has 1 fully saturated rings. The molecule has 1 amide bonds. The second-order valence-corrected chi connectivity index (χ2v) is 8.57. The van der Waals surface area contributed by atoms with E-state index in [0.717, 1.165) is 16.4 Å². The summed E-state index contributed by atoms with van der Waals surface area (Å²) in [5, 5.41) is 0. The summed E-state index contributed by atoms with van der Waals surface area (Å²) in [5.74, 6) is -1.26. The van der Waals surface area contributed by atoms with Gasteiger partial charge in [-0.05, 0) is 24.3 Å². The van der Waals surface area contributed by atoms with Crippen LogP contribution in [0.2, 0.25) is 0 Å². The first-order valence-corrected chi connectivity index (χ1v) is 10.4. The van der Waals surface area contributed by atoms with Crippen LogP contribution in [-0.2, 0) is 14.8 Å². The molecule has 0 aliphatic carbocycles. The van der Waals surface area contributed by atoms with Gasteiger partial charge in [0.05, 0.1) is 0 Å². The van der Waals surface area contributed by atoms with Gasteiger partial charge in [0.2, 0.25) is 16.1 Å². The Kier molecular flexibility index (Phi) is 5.13. The molecule has 2 aromatic rings. The van der Waals surface area contributed by atoms with Crippen LogP contribution in [0.3, 0.4) is 0 Å². The molecule has 4 rings (SSSR count). The van der Waals surface area contributed by atoms with Crippen LogP contribution in [0.1, 0.15) is 0 Å². The fourth-order valence-electron chi connectivity index (χ4n) is 3.32. The van der Waals surface area contributed by atoms with Crippen LogP contribution >= 0.6 is 0 Å². The monoisotopic (exact) mass is 424 g/mol. The van der Waals surface area contributed by atoms with E-state index < -0.39 is 32.7 Å². The average molecular weight is 424 g/mol. The molecule has 2 aliphatic rings. The molecule has 2 aromatic carbocycles. The number of carbonyl (C=O) groups excluding carboxylic acids is 1.